The number of hydrogen-bond donors (Lipinski definition) is 1. The molecule has 8 nitrogen and oxygen atoms in total. The number of hydrogen-bond acceptors (Lipinski definition) is 8. The molecule has 0 bridgehead atoms. The maximum absolute atomic E-state index is 13.2. The lowest BCUT2D eigenvalue weighted by atomic mass is 10.2. The summed E-state index contributed by atoms with van der Waals surface area (Å²) in [6.07, 6.45) is 0. The van der Waals surface area contributed by atoms with Gasteiger partial charge in [-0.25, -0.2) is 14.2 Å². The highest BCUT2D eigenvalue weighted by Gasteiger charge is 2.22. The molecule has 1 unspecified atom stereocenters. The average molecular weight is 474 g/mol. The zero-order chi connectivity index (χ0) is 23.0. The Balaban J connectivity index is 1.63. The minimum atomic E-state index is -0.455. The Hall–Kier alpha value is -3.05. The van der Waals surface area contributed by atoms with E-state index >= 15 is 0 Å². The van der Waals surface area contributed by atoms with Crippen LogP contribution in [0.25, 0.3) is 21.6 Å². The van der Waals surface area contributed by atoms with Gasteiger partial charge in [0.1, 0.15) is 21.3 Å². The fourth-order valence-corrected chi connectivity index (χ4v) is 5.18. The van der Waals surface area contributed by atoms with Crippen molar-refractivity contribution in [3.05, 3.63) is 56.7 Å². The number of aromatic amines is 1. The van der Waals surface area contributed by atoms with Crippen molar-refractivity contribution in [3.8, 4) is 11.4 Å². The number of esters is 1. The van der Waals surface area contributed by atoms with Crippen molar-refractivity contribution >= 4 is 39.3 Å². The van der Waals surface area contributed by atoms with Crippen LogP contribution >= 0.6 is 23.1 Å². The molecule has 0 aliphatic carbocycles. The third kappa shape index (κ3) is 4.05. The number of aromatic nitrogens is 5. The third-order valence-corrected chi connectivity index (χ3v) is 7.19. The van der Waals surface area contributed by atoms with E-state index in [-0.39, 0.29) is 23.2 Å². The number of carbonyl (C=O) groups excluding carboxylic acids is 1. The third-order valence-electron chi connectivity index (χ3n) is 4.88. The zero-order valence-electron chi connectivity index (χ0n) is 17.8. The van der Waals surface area contributed by atoms with Gasteiger partial charge in [-0.2, -0.15) is 0 Å². The van der Waals surface area contributed by atoms with Crippen LogP contribution < -0.4 is 5.56 Å². The first-order chi connectivity index (χ1) is 15.3. The van der Waals surface area contributed by atoms with E-state index in [1.54, 1.807) is 30.5 Å². The molecule has 0 fully saturated rings. The molecule has 1 atom stereocenters. The van der Waals surface area contributed by atoms with Crippen molar-refractivity contribution in [3.63, 3.8) is 0 Å². The number of H-pyrrole nitrogens is 1. The molecule has 166 valence electrons. The van der Waals surface area contributed by atoms with Gasteiger partial charge in [-0.05, 0) is 50.6 Å². The predicted octanol–water partition coefficient (Wildman–Crippen LogP) is 4.26. The van der Waals surface area contributed by atoms with Crippen LogP contribution in [-0.4, -0.2) is 37.3 Å². The number of nitrogens with zero attached hydrogens (tertiary/aromatic N) is 4. The number of halogens is 1. The molecule has 0 radical (unpaired) electrons. The van der Waals surface area contributed by atoms with Crippen LogP contribution in [0.4, 0.5) is 4.39 Å². The van der Waals surface area contributed by atoms with Gasteiger partial charge in [0.05, 0.1) is 17.2 Å². The smallest absolute Gasteiger partial charge is 0.348 e. The van der Waals surface area contributed by atoms with Gasteiger partial charge in [0.15, 0.2) is 11.0 Å². The van der Waals surface area contributed by atoms with Crippen LogP contribution in [0, 0.1) is 12.7 Å². The van der Waals surface area contributed by atoms with E-state index in [1.165, 1.54) is 23.9 Å². The molecule has 4 aromatic rings. The minimum absolute atomic E-state index is 0.246. The van der Waals surface area contributed by atoms with E-state index in [2.05, 4.69) is 20.2 Å². The lowest BCUT2D eigenvalue weighted by Crippen LogP contribution is -2.13. The van der Waals surface area contributed by atoms with Crippen molar-refractivity contribution in [2.75, 3.05) is 6.61 Å². The Kier molecular flexibility index (Phi) is 6.11. The second kappa shape index (κ2) is 8.83. The number of carbonyl (C=O) groups is 1. The molecule has 1 aromatic carbocycles. The second-order valence-corrected chi connectivity index (χ2v) is 9.35. The molecular formula is C21H20FN5O3S2. The number of aryl methyl sites for hydroxylation is 1. The number of fused-ring (bicyclic) bond motifs is 1. The summed E-state index contributed by atoms with van der Waals surface area (Å²) in [5, 5.41) is 9.21. The Morgan fingerprint density at radius 1 is 1.31 bits per heavy atom. The first-order valence-corrected chi connectivity index (χ1v) is 11.5. The molecular weight excluding hydrogens is 453 g/mol. The molecule has 0 saturated heterocycles. The van der Waals surface area contributed by atoms with E-state index in [0.717, 1.165) is 16.9 Å². The molecule has 4 rings (SSSR count). The summed E-state index contributed by atoms with van der Waals surface area (Å²) in [4.78, 5) is 33.2. The van der Waals surface area contributed by atoms with Crippen molar-refractivity contribution in [2.24, 2.45) is 7.05 Å². The summed E-state index contributed by atoms with van der Waals surface area (Å²) >= 11 is 2.53. The first-order valence-electron chi connectivity index (χ1n) is 9.82. The number of thiophene rings is 1. The van der Waals surface area contributed by atoms with E-state index in [1.807, 2.05) is 14.0 Å². The highest BCUT2D eigenvalue weighted by atomic mass is 32.2. The van der Waals surface area contributed by atoms with Crippen LogP contribution in [0.5, 0.6) is 0 Å². The molecule has 3 heterocycles. The molecule has 3 aromatic heterocycles. The second-order valence-electron chi connectivity index (χ2n) is 7.04. The summed E-state index contributed by atoms with van der Waals surface area (Å²) in [7, 11) is 1.82. The fourth-order valence-electron chi connectivity index (χ4n) is 3.23. The SMILES string of the molecule is CCOC(=O)c1sc2nc(C(C)Sc3nnc(-c4ccc(F)cc4)n3C)[nH]c(=O)c2c1C. The van der Waals surface area contributed by atoms with Crippen LogP contribution in [-0.2, 0) is 11.8 Å². The molecule has 11 heteroatoms. The molecule has 0 amide bonds. The van der Waals surface area contributed by atoms with Gasteiger partial charge in [0.2, 0.25) is 0 Å². The number of thioether (sulfide) groups is 1. The molecule has 0 spiro atoms. The van der Waals surface area contributed by atoms with E-state index in [4.69, 9.17) is 4.74 Å². The minimum Gasteiger partial charge on any atom is -0.462 e. The Morgan fingerprint density at radius 2 is 2.03 bits per heavy atom. The van der Waals surface area contributed by atoms with Gasteiger partial charge in [0.25, 0.3) is 5.56 Å². The Bertz CT molecular complexity index is 1360. The Labute approximate surface area is 190 Å². The lowest BCUT2D eigenvalue weighted by molar-refractivity contribution is 0.0531. The summed E-state index contributed by atoms with van der Waals surface area (Å²) < 4.78 is 20.1. The van der Waals surface area contributed by atoms with Crippen molar-refractivity contribution in [1.29, 1.82) is 0 Å². The summed E-state index contributed by atoms with van der Waals surface area (Å²) in [6.45, 7) is 5.60. The van der Waals surface area contributed by atoms with Crippen LogP contribution in [0.1, 0.15) is 40.2 Å². The molecule has 0 aliphatic heterocycles. The monoisotopic (exact) mass is 473 g/mol. The van der Waals surface area contributed by atoms with Gasteiger partial charge in [-0.1, -0.05) is 11.8 Å². The van der Waals surface area contributed by atoms with Crippen LogP contribution in [0.3, 0.4) is 0 Å². The number of benzene rings is 1. The van der Waals surface area contributed by atoms with E-state index < -0.39 is 5.97 Å². The highest BCUT2D eigenvalue weighted by molar-refractivity contribution is 7.99. The van der Waals surface area contributed by atoms with Gasteiger partial charge < -0.3 is 14.3 Å². The van der Waals surface area contributed by atoms with Gasteiger partial charge in [-0.15, -0.1) is 21.5 Å². The van der Waals surface area contributed by atoms with Gasteiger partial charge >= 0.3 is 5.97 Å². The molecule has 1 N–H and O–H groups in total. The maximum Gasteiger partial charge on any atom is 0.348 e. The average Bonchev–Trinajstić information content (AvgIpc) is 3.29. The van der Waals surface area contributed by atoms with Crippen molar-refractivity contribution in [2.45, 2.75) is 31.2 Å². The standard InChI is InChI=1S/C21H20FN5O3S2/c1-5-30-20(29)15-10(2)14-18(28)23-16(24-19(14)32-15)11(3)31-21-26-25-17(27(21)4)12-6-8-13(22)9-7-12/h6-9,11H,5H2,1-4H3,(H,23,24,28). The largest absolute Gasteiger partial charge is 0.462 e. The summed E-state index contributed by atoms with van der Waals surface area (Å²) in [5.41, 5.74) is 1.02. The fraction of sp³-hybridized carbons (Fsp3) is 0.286. The Morgan fingerprint density at radius 3 is 2.72 bits per heavy atom. The predicted molar refractivity (Wildman–Crippen MR) is 122 cm³/mol. The van der Waals surface area contributed by atoms with E-state index in [0.29, 0.717) is 37.5 Å². The van der Waals surface area contributed by atoms with Crippen LogP contribution in [0.2, 0.25) is 0 Å². The topological polar surface area (TPSA) is 103 Å². The number of nitrogens with one attached hydrogen (secondary N) is 1. The van der Waals surface area contributed by atoms with E-state index in [9.17, 15) is 14.0 Å². The van der Waals surface area contributed by atoms with Gasteiger partial charge in [-0.3, -0.25) is 4.79 Å². The first kappa shape index (κ1) is 22.2. The maximum atomic E-state index is 13.2. The highest BCUT2D eigenvalue weighted by Crippen LogP contribution is 2.35. The zero-order valence-corrected chi connectivity index (χ0v) is 19.4. The summed E-state index contributed by atoms with van der Waals surface area (Å²) in [5.74, 6) is 0.295. The number of ether oxygens (including phenoxy) is 1. The molecule has 0 saturated carbocycles. The van der Waals surface area contributed by atoms with Gasteiger partial charge in [0, 0.05) is 12.6 Å². The normalized spacial score (nSPS) is 12.3. The van der Waals surface area contributed by atoms with Crippen molar-refractivity contribution < 1.29 is 13.9 Å². The molecule has 32 heavy (non-hydrogen) atoms. The summed E-state index contributed by atoms with van der Waals surface area (Å²) in [6, 6.07) is 6.03. The number of rotatable bonds is 6. The molecule has 0 aliphatic rings. The van der Waals surface area contributed by atoms with Crippen LogP contribution in [0.15, 0.2) is 34.2 Å². The quantitative estimate of drug-likeness (QED) is 0.330. The lowest BCUT2D eigenvalue weighted by Gasteiger charge is -2.10. The van der Waals surface area contributed by atoms with Crippen molar-refractivity contribution in [1.82, 2.24) is 24.7 Å².